The summed E-state index contributed by atoms with van der Waals surface area (Å²) in [5, 5.41) is 7.97. The summed E-state index contributed by atoms with van der Waals surface area (Å²) in [5.41, 5.74) is 4.59. The summed E-state index contributed by atoms with van der Waals surface area (Å²) in [6.07, 6.45) is 0. The first kappa shape index (κ1) is 14.6. The SMILES string of the molecule is CCn1nc(C)c(Br)c1CNc1ccc(Br)cc1C. The fourth-order valence-electron chi connectivity index (χ4n) is 2.04. The van der Waals surface area contributed by atoms with Crippen LogP contribution in [0.15, 0.2) is 27.1 Å². The maximum absolute atomic E-state index is 4.50. The molecule has 1 aromatic carbocycles. The zero-order valence-electron chi connectivity index (χ0n) is 11.3. The van der Waals surface area contributed by atoms with Crippen molar-refractivity contribution in [3.05, 3.63) is 44.1 Å². The molecular formula is C14H17Br2N3. The van der Waals surface area contributed by atoms with Gasteiger partial charge in [-0.05, 0) is 60.5 Å². The van der Waals surface area contributed by atoms with E-state index < -0.39 is 0 Å². The van der Waals surface area contributed by atoms with E-state index in [-0.39, 0.29) is 0 Å². The fraction of sp³-hybridized carbons (Fsp3) is 0.357. The number of aromatic nitrogens is 2. The van der Waals surface area contributed by atoms with Crippen LogP contribution in [-0.4, -0.2) is 9.78 Å². The predicted octanol–water partition coefficient (Wildman–Crippen LogP) is 4.66. The Hall–Kier alpha value is -0.810. The van der Waals surface area contributed by atoms with Gasteiger partial charge in [0.2, 0.25) is 0 Å². The Morgan fingerprint density at radius 3 is 2.63 bits per heavy atom. The molecule has 0 amide bonds. The van der Waals surface area contributed by atoms with Crippen molar-refractivity contribution in [3.8, 4) is 0 Å². The van der Waals surface area contributed by atoms with Crippen LogP contribution in [0.3, 0.4) is 0 Å². The molecule has 19 heavy (non-hydrogen) atoms. The molecular weight excluding hydrogens is 370 g/mol. The number of benzene rings is 1. The molecule has 0 saturated heterocycles. The van der Waals surface area contributed by atoms with Crippen molar-refractivity contribution < 1.29 is 0 Å². The molecule has 2 rings (SSSR count). The molecule has 0 bridgehead atoms. The third kappa shape index (κ3) is 3.20. The van der Waals surface area contributed by atoms with Crippen LogP contribution in [0, 0.1) is 13.8 Å². The standard InChI is InChI=1S/C14H17Br2N3/c1-4-19-13(14(16)10(3)18-19)8-17-12-6-5-11(15)7-9(12)2/h5-7,17H,4,8H2,1-3H3. The summed E-state index contributed by atoms with van der Waals surface area (Å²) in [7, 11) is 0. The molecule has 0 spiro atoms. The monoisotopic (exact) mass is 385 g/mol. The Kier molecular flexibility index (Phi) is 4.68. The molecule has 0 aliphatic rings. The summed E-state index contributed by atoms with van der Waals surface area (Å²) >= 11 is 7.10. The fourth-order valence-corrected chi connectivity index (χ4v) is 2.94. The lowest BCUT2D eigenvalue weighted by Gasteiger charge is -2.11. The lowest BCUT2D eigenvalue weighted by molar-refractivity contribution is 0.622. The van der Waals surface area contributed by atoms with E-state index in [1.54, 1.807) is 0 Å². The lowest BCUT2D eigenvalue weighted by Crippen LogP contribution is -2.09. The van der Waals surface area contributed by atoms with Gasteiger partial charge in [0.05, 0.1) is 22.4 Å². The van der Waals surface area contributed by atoms with Crippen molar-refractivity contribution in [1.82, 2.24) is 9.78 Å². The molecule has 0 aliphatic carbocycles. The minimum atomic E-state index is 0.762. The minimum absolute atomic E-state index is 0.762. The minimum Gasteiger partial charge on any atom is -0.379 e. The number of rotatable bonds is 4. The van der Waals surface area contributed by atoms with Gasteiger partial charge >= 0.3 is 0 Å². The number of halogens is 2. The second-order valence-electron chi connectivity index (χ2n) is 4.47. The molecule has 1 aromatic heterocycles. The summed E-state index contributed by atoms with van der Waals surface area (Å²) in [6.45, 7) is 7.86. The van der Waals surface area contributed by atoms with E-state index in [1.807, 2.05) is 17.7 Å². The first-order valence-electron chi connectivity index (χ1n) is 6.24. The quantitative estimate of drug-likeness (QED) is 0.828. The Labute approximate surface area is 130 Å². The van der Waals surface area contributed by atoms with Gasteiger partial charge in [0.25, 0.3) is 0 Å². The third-order valence-electron chi connectivity index (χ3n) is 3.09. The van der Waals surface area contributed by atoms with Gasteiger partial charge in [-0.2, -0.15) is 5.10 Å². The van der Waals surface area contributed by atoms with Crippen LogP contribution >= 0.6 is 31.9 Å². The van der Waals surface area contributed by atoms with Gasteiger partial charge in [-0.1, -0.05) is 15.9 Å². The molecule has 1 N–H and O–H groups in total. The zero-order chi connectivity index (χ0) is 14.0. The van der Waals surface area contributed by atoms with E-state index in [9.17, 15) is 0 Å². The maximum Gasteiger partial charge on any atom is 0.0739 e. The molecule has 0 atom stereocenters. The number of hydrogen-bond acceptors (Lipinski definition) is 2. The first-order valence-corrected chi connectivity index (χ1v) is 7.83. The van der Waals surface area contributed by atoms with Crippen LogP contribution in [-0.2, 0) is 13.1 Å². The molecule has 0 radical (unpaired) electrons. The van der Waals surface area contributed by atoms with E-state index in [0.717, 1.165) is 33.4 Å². The van der Waals surface area contributed by atoms with Crippen LogP contribution in [0.2, 0.25) is 0 Å². The number of aryl methyl sites for hydroxylation is 3. The molecule has 0 aliphatic heterocycles. The highest BCUT2D eigenvalue weighted by Crippen LogP contribution is 2.24. The lowest BCUT2D eigenvalue weighted by atomic mass is 10.2. The first-order chi connectivity index (χ1) is 9.02. The van der Waals surface area contributed by atoms with Crippen LogP contribution in [0.25, 0.3) is 0 Å². The smallest absolute Gasteiger partial charge is 0.0739 e. The summed E-state index contributed by atoms with van der Waals surface area (Å²) in [6, 6.07) is 6.25. The maximum atomic E-state index is 4.50. The van der Waals surface area contributed by atoms with Crippen molar-refractivity contribution in [2.75, 3.05) is 5.32 Å². The van der Waals surface area contributed by atoms with Crippen molar-refractivity contribution in [3.63, 3.8) is 0 Å². The molecule has 5 heteroatoms. The van der Waals surface area contributed by atoms with Gasteiger partial charge in [0, 0.05) is 16.7 Å². The van der Waals surface area contributed by atoms with Gasteiger partial charge in [-0.25, -0.2) is 0 Å². The number of nitrogens with zero attached hydrogens (tertiary/aromatic N) is 2. The van der Waals surface area contributed by atoms with Crippen molar-refractivity contribution in [2.45, 2.75) is 33.9 Å². The van der Waals surface area contributed by atoms with Crippen LogP contribution in [0.1, 0.15) is 23.9 Å². The van der Waals surface area contributed by atoms with Gasteiger partial charge in [0.1, 0.15) is 0 Å². The van der Waals surface area contributed by atoms with Crippen molar-refractivity contribution in [2.24, 2.45) is 0 Å². The van der Waals surface area contributed by atoms with E-state index in [0.29, 0.717) is 0 Å². The average molecular weight is 387 g/mol. The number of hydrogen-bond donors (Lipinski definition) is 1. The Morgan fingerprint density at radius 1 is 1.26 bits per heavy atom. The summed E-state index contributed by atoms with van der Waals surface area (Å²) in [4.78, 5) is 0. The van der Waals surface area contributed by atoms with Crippen LogP contribution < -0.4 is 5.32 Å². The molecule has 102 valence electrons. The van der Waals surface area contributed by atoms with Gasteiger partial charge in [-0.15, -0.1) is 0 Å². The molecule has 0 fully saturated rings. The normalized spacial score (nSPS) is 10.8. The van der Waals surface area contributed by atoms with Crippen molar-refractivity contribution >= 4 is 37.5 Å². The Bertz CT molecular complexity index is 591. The summed E-state index contributed by atoms with van der Waals surface area (Å²) in [5.74, 6) is 0. The molecule has 3 nitrogen and oxygen atoms in total. The Balaban J connectivity index is 2.18. The predicted molar refractivity (Wildman–Crippen MR) is 86.5 cm³/mol. The summed E-state index contributed by atoms with van der Waals surface area (Å²) < 4.78 is 4.23. The van der Waals surface area contributed by atoms with Gasteiger partial charge < -0.3 is 5.32 Å². The molecule has 1 heterocycles. The third-order valence-corrected chi connectivity index (χ3v) is 4.61. The van der Waals surface area contributed by atoms with E-state index >= 15 is 0 Å². The highest BCUT2D eigenvalue weighted by molar-refractivity contribution is 9.10. The highest BCUT2D eigenvalue weighted by atomic mass is 79.9. The largest absolute Gasteiger partial charge is 0.379 e. The zero-order valence-corrected chi connectivity index (χ0v) is 14.5. The van der Waals surface area contributed by atoms with E-state index in [4.69, 9.17) is 0 Å². The van der Waals surface area contributed by atoms with Gasteiger partial charge in [-0.3, -0.25) is 4.68 Å². The number of anilines is 1. The highest BCUT2D eigenvalue weighted by Gasteiger charge is 2.11. The van der Waals surface area contributed by atoms with Crippen molar-refractivity contribution in [1.29, 1.82) is 0 Å². The Morgan fingerprint density at radius 2 is 2.00 bits per heavy atom. The average Bonchev–Trinajstić information content (AvgIpc) is 2.65. The van der Waals surface area contributed by atoms with E-state index in [2.05, 4.69) is 68.3 Å². The molecule has 0 unspecified atom stereocenters. The van der Waals surface area contributed by atoms with Crippen LogP contribution in [0.4, 0.5) is 5.69 Å². The second kappa shape index (κ2) is 6.09. The molecule has 2 aromatic rings. The van der Waals surface area contributed by atoms with Crippen LogP contribution in [0.5, 0.6) is 0 Å². The van der Waals surface area contributed by atoms with Gasteiger partial charge in [0.15, 0.2) is 0 Å². The second-order valence-corrected chi connectivity index (χ2v) is 6.18. The number of nitrogens with one attached hydrogen (secondary N) is 1. The van der Waals surface area contributed by atoms with E-state index in [1.165, 1.54) is 11.3 Å². The topological polar surface area (TPSA) is 29.9 Å². The molecule has 0 saturated carbocycles.